The molecule has 0 unspecified atom stereocenters. The Balaban J connectivity index is 4.09. The highest BCUT2D eigenvalue weighted by Crippen LogP contribution is 2.13. The molecule has 0 amide bonds. The Morgan fingerprint density at radius 1 is 0.426 bits per heavy atom. The summed E-state index contributed by atoms with van der Waals surface area (Å²) in [5.41, 5.74) is 0. The van der Waals surface area contributed by atoms with Gasteiger partial charge in [0.25, 0.3) is 0 Å². The first-order valence-electron chi connectivity index (χ1n) is 24.7. The largest absolute Gasteiger partial charge is 0.466 e. The monoisotopic (exact) mass is 864 g/mol. The maximum atomic E-state index is 12.3. The number of allylic oxidation sites excluding steroid dienone is 4. The van der Waals surface area contributed by atoms with Gasteiger partial charge in [0.15, 0.2) is 12.6 Å². The van der Waals surface area contributed by atoms with Crippen molar-refractivity contribution in [1.29, 1.82) is 0 Å². The summed E-state index contributed by atoms with van der Waals surface area (Å²) >= 11 is 0. The topological polar surface area (TPSA) is 113 Å². The third-order valence-corrected chi connectivity index (χ3v) is 10.00. The summed E-state index contributed by atoms with van der Waals surface area (Å²) in [6.07, 6.45) is 39.1. The minimum absolute atomic E-state index is 0.120. The minimum atomic E-state index is -0.233. The van der Waals surface area contributed by atoms with Gasteiger partial charge in [0.05, 0.1) is 39.6 Å². The van der Waals surface area contributed by atoms with Crippen molar-refractivity contribution in [3.8, 4) is 0 Å². The maximum Gasteiger partial charge on any atom is 0.305 e. The highest BCUT2D eigenvalue weighted by atomic mass is 16.7. The summed E-state index contributed by atoms with van der Waals surface area (Å²) in [5.74, 6) is -0.239. The van der Waals surface area contributed by atoms with Crippen LogP contribution in [0.1, 0.15) is 188 Å². The summed E-state index contributed by atoms with van der Waals surface area (Å²) in [6, 6.07) is 0. The van der Waals surface area contributed by atoms with Crippen LogP contribution in [0.15, 0.2) is 48.6 Å². The fourth-order valence-electron chi connectivity index (χ4n) is 6.53. The Labute approximate surface area is 374 Å². The van der Waals surface area contributed by atoms with Crippen LogP contribution in [-0.2, 0) is 38.0 Å². The van der Waals surface area contributed by atoms with Gasteiger partial charge in [-0.25, -0.2) is 0 Å². The average Bonchev–Trinajstić information content (AvgIpc) is 3.26. The van der Waals surface area contributed by atoms with Gasteiger partial charge in [-0.3, -0.25) is 9.59 Å². The van der Waals surface area contributed by atoms with E-state index in [-0.39, 0.29) is 31.1 Å². The van der Waals surface area contributed by atoms with Crippen molar-refractivity contribution in [3.05, 3.63) is 48.6 Å². The normalized spacial score (nSPS) is 12.3. The molecule has 0 aliphatic carbocycles. The Hall–Kier alpha value is -2.34. The molecule has 61 heavy (non-hydrogen) atoms. The first-order chi connectivity index (χ1) is 30.0. The number of unbranched alkanes of at least 4 members (excludes halogenated alkanes) is 8. The van der Waals surface area contributed by atoms with Crippen molar-refractivity contribution in [3.63, 3.8) is 0 Å². The third-order valence-electron chi connectivity index (χ3n) is 10.00. The Kier molecular flexibility index (Phi) is 46.8. The van der Waals surface area contributed by atoms with Crippen molar-refractivity contribution in [2.45, 2.75) is 201 Å². The van der Waals surface area contributed by atoms with Gasteiger partial charge in [0.1, 0.15) is 0 Å². The molecule has 10 heteroatoms. The number of ether oxygens (including phenoxy) is 6. The number of carbonyl (C=O) groups excluding carboxylic acids is 2. The number of aliphatic hydroxyl groups is 1. The van der Waals surface area contributed by atoms with Crippen LogP contribution in [0.4, 0.5) is 0 Å². The van der Waals surface area contributed by atoms with Crippen LogP contribution < -0.4 is 0 Å². The number of nitrogens with zero attached hydrogens (tertiary/aromatic N) is 1. The van der Waals surface area contributed by atoms with Crippen LogP contribution in [0.25, 0.3) is 0 Å². The zero-order valence-corrected chi connectivity index (χ0v) is 39.7. The van der Waals surface area contributed by atoms with E-state index in [0.717, 1.165) is 167 Å². The number of carbonyl (C=O) groups is 2. The number of aliphatic hydroxyl groups excluding tert-OH is 1. The van der Waals surface area contributed by atoms with Crippen LogP contribution in [-0.4, -0.2) is 100 Å². The second-order valence-corrected chi connectivity index (χ2v) is 15.7. The molecule has 0 atom stereocenters. The number of hydrogen-bond acceptors (Lipinski definition) is 10. The van der Waals surface area contributed by atoms with E-state index in [1.807, 2.05) is 0 Å². The molecule has 1 N–H and O–H groups in total. The highest BCUT2D eigenvalue weighted by molar-refractivity contribution is 5.69. The van der Waals surface area contributed by atoms with E-state index in [4.69, 9.17) is 28.4 Å². The molecule has 356 valence electrons. The third kappa shape index (κ3) is 44.1. The van der Waals surface area contributed by atoms with Gasteiger partial charge >= 0.3 is 11.9 Å². The molecule has 0 aliphatic heterocycles. The molecule has 0 rings (SSSR count). The Morgan fingerprint density at radius 2 is 0.770 bits per heavy atom. The second-order valence-electron chi connectivity index (χ2n) is 15.7. The summed E-state index contributed by atoms with van der Waals surface area (Å²) in [7, 11) is 0. The zero-order chi connectivity index (χ0) is 44.5. The fraction of sp³-hybridized carbons (Fsp3) is 0.804. The standard InChI is InChI=1S/C51H93NO9/c1-5-9-13-27-44-58-50(59-45-28-14-10-6-2)36-23-21-34-48(54)56-42-31-19-17-25-38-52(40-33-41-53)39-26-18-20-32-43-57-49(55)35-22-24-37-51(60-46-29-15-11-7-3)61-47-30-16-12-8-4/h9-16,50-51,53H,5-8,17-47H2,1-4H3/b13-9-,14-10-,15-11-,16-12-. The van der Waals surface area contributed by atoms with Crippen LogP contribution in [0.5, 0.6) is 0 Å². The van der Waals surface area contributed by atoms with Crippen LogP contribution in [0, 0.1) is 0 Å². The second kappa shape index (κ2) is 48.7. The van der Waals surface area contributed by atoms with Crippen LogP contribution >= 0.6 is 0 Å². The van der Waals surface area contributed by atoms with E-state index in [0.29, 0.717) is 52.5 Å². The quantitative estimate of drug-likeness (QED) is 0.0275. The van der Waals surface area contributed by atoms with Gasteiger partial charge in [-0.2, -0.15) is 0 Å². The van der Waals surface area contributed by atoms with Gasteiger partial charge in [0.2, 0.25) is 0 Å². The molecular formula is C51H93NO9. The molecule has 0 spiro atoms. The maximum absolute atomic E-state index is 12.3. The predicted octanol–water partition coefficient (Wildman–Crippen LogP) is 12.1. The molecule has 10 nitrogen and oxygen atoms in total. The first kappa shape index (κ1) is 58.7. The van der Waals surface area contributed by atoms with Crippen LogP contribution in [0.3, 0.4) is 0 Å². The molecule has 0 fully saturated rings. The lowest BCUT2D eigenvalue weighted by atomic mass is 10.1. The molecule has 0 radical (unpaired) electrons. The average molecular weight is 864 g/mol. The molecular weight excluding hydrogens is 771 g/mol. The molecule has 0 saturated carbocycles. The zero-order valence-electron chi connectivity index (χ0n) is 39.7. The lowest BCUT2D eigenvalue weighted by Crippen LogP contribution is -2.28. The van der Waals surface area contributed by atoms with Gasteiger partial charge in [0, 0.05) is 26.0 Å². The Bertz CT molecular complexity index is 945. The van der Waals surface area contributed by atoms with Crippen molar-refractivity contribution < 1.29 is 43.1 Å². The number of hydrogen-bond donors (Lipinski definition) is 1. The van der Waals surface area contributed by atoms with Gasteiger partial charge in [-0.15, -0.1) is 0 Å². The molecule has 0 saturated heterocycles. The summed E-state index contributed by atoms with van der Waals surface area (Å²) < 4.78 is 35.0. The first-order valence-corrected chi connectivity index (χ1v) is 24.7. The number of rotatable bonds is 47. The smallest absolute Gasteiger partial charge is 0.305 e. The molecule has 0 aromatic rings. The molecule has 0 aromatic heterocycles. The van der Waals surface area contributed by atoms with Gasteiger partial charge < -0.3 is 38.4 Å². The molecule has 0 aliphatic rings. The highest BCUT2D eigenvalue weighted by Gasteiger charge is 2.12. The van der Waals surface area contributed by atoms with E-state index >= 15 is 0 Å². The van der Waals surface area contributed by atoms with Crippen molar-refractivity contribution in [2.24, 2.45) is 0 Å². The summed E-state index contributed by atoms with van der Waals surface area (Å²) in [5, 5.41) is 9.41. The predicted molar refractivity (Wildman–Crippen MR) is 252 cm³/mol. The van der Waals surface area contributed by atoms with E-state index in [9.17, 15) is 14.7 Å². The molecule has 0 bridgehead atoms. The molecule has 0 heterocycles. The van der Waals surface area contributed by atoms with Crippen molar-refractivity contribution in [1.82, 2.24) is 4.90 Å². The van der Waals surface area contributed by atoms with Gasteiger partial charge in [-0.1, -0.05) is 102 Å². The van der Waals surface area contributed by atoms with Crippen molar-refractivity contribution in [2.75, 3.05) is 65.9 Å². The summed E-state index contributed by atoms with van der Waals surface area (Å²) in [4.78, 5) is 27.1. The summed E-state index contributed by atoms with van der Waals surface area (Å²) in [6.45, 7) is 15.2. The van der Waals surface area contributed by atoms with E-state index in [2.05, 4.69) is 81.2 Å². The Morgan fingerprint density at radius 3 is 1.11 bits per heavy atom. The van der Waals surface area contributed by atoms with Crippen molar-refractivity contribution >= 4 is 11.9 Å². The van der Waals surface area contributed by atoms with Crippen LogP contribution in [0.2, 0.25) is 0 Å². The lowest BCUT2D eigenvalue weighted by molar-refractivity contribution is -0.147. The minimum Gasteiger partial charge on any atom is -0.466 e. The van der Waals surface area contributed by atoms with E-state index in [1.54, 1.807) is 0 Å². The number of esters is 2. The van der Waals surface area contributed by atoms with Gasteiger partial charge in [-0.05, 0) is 135 Å². The fourth-order valence-corrected chi connectivity index (χ4v) is 6.53. The van der Waals surface area contributed by atoms with E-state index < -0.39 is 0 Å². The SMILES string of the molecule is CC/C=C\CCOC(CCCCC(=O)OCCCCCCN(CCCO)CCCCCCOC(=O)CCCCC(OCC/C=C\CC)OCC/C=C\CC)OCC/C=C\CC. The molecule has 0 aromatic carbocycles. The van der Waals surface area contributed by atoms with E-state index in [1.165, 1.54) is 0 Å². The lowest BCUT2D eigenvalue weighted by Gasteiger charge is -2.22.